The number of hydrogen-bond acceptors (Lipinski definition) is 3. The smallest absolute Gasteiger partial charge is 0.279 e. The average Bonchev–Trinajstić information content (AvgIpc) is 2.77. The minimum Gasteiger partial charge on any atom is -0.279 e. The van der Waals surface area contributed by atoms with Crippen LogP contribution in [0.15, 0.2) is 40.2 Å². The predicted molar refractivity (Wildman–Crippen MR) is 70.9 cm³/mol. The molecule has 0 unspecified atom stereocenters. The number of aromatic amines is 1. The third-order valence-electron chi connectivity index (χ3n) is 3.31. The SMILES string of the molecule is Cc1cccc(-n2ccn3c(=O)[nH]nc3c2=O)c1C. The van der Waals surface area contributed by atoms with Gasteiger partial charge >= 0.3 is 11.2 Å². The van der Waals surface area contributed by atoms with Crippen LogP contribution in [0.2, 0.25) is 0 Å². The predicted octanol–water partition coefficient (Wildman–Crippen LogP) is 0.790. The van der Waals surface area contributed by atoms with Crippen LogP contribution in [0, 0.1) is 13.8 Å². The summed E-state index contributed by atoms with van der Waals surface area (Å²) in [5.74, 6) is 0. The number of nitrogens with one attached hydrogen (secondary N) is 1. The van der Waals surface area contributed by atoms with Crippen molar-refractivity contribution in [2.24, 2.45) is 0 Å². The van der Waals surface area contributed by atoms with E-state index in [0.29, 0.717) is 0 Å². The van der Waals surface area contributed by atoms with Crippen molar-refractivity contribution in [3.8, 4) is 5.69 Å². The zero-order valence-corrected chi connectivity index (χ0v) is 10.5. The van der Waals surface area contributed by atoms with Crippen LogP contribution in [0.25, 0.3) is 11.3 Å². The van der Waals surface area contributed by atoms with Crippen LogP contribution in [-0.4, -0.2) is 19.2 Å². The quantitative estimate of drug-likeness (QED) is 0.699. The highest BCUT2D eigenvalue weighted by molar-refractivity contribution is 5.47. The van der Waals surface area contributed by atoms with Crippen molar-refractivity contribution in [3.05, 3.63) is 62.6 Å². The number of benzene rings is 1. The minimum absolute atomic E-state index is 0.0911. The van der Waals surface area contributed by atoms with Crippen LogP contribution in [0.3, 0.4) is 0 Å². The highest BCUT2D eigenvalue weighted by atomic mass is 16.2. The molecule has 6 nitrogen and oxygen atoms in total. The summed E-state index contributed by atoms with van der Waals surface area (Å²) >= 11 is 0. The van der Waals surface area contributed by atoms with Gasteiger partial charge in [0, 0.05) is 12.4 Å². The second-order valence-electron chi connectivity index (χ2n) is 4.41. The highest BCUT2D eigenvalue weighted by Crippen LogP contribution is 2.15. The van der Waals surface area contributed by atoms with E-state index in [2.05, 4.69) is 10.2 Å². The van der Waals surface area contributed by atoms with E-state index in [0.717, 1.165) is 16.8 Å². The molecule has 3 rings (SSSR count). The third-order valence-corrected chi connectivity index (χ3v) is 3.31. The van der Waals surface area contributed by atoms with E-state index in [4.69, 9.17) is 0 Å². The maximum Gasteiger partial charge on any atom is 0.347 e. The third kappa shape index (κ3) is 1.61. The van der Waals surface area contributed by atoms with E-state index in [1.165, 1.54) is 15.2 Å². The molecule has 19 heavy (non-hydrogen) atoms. The zero-order chi connectivity index (χ0) is 13.6. The fourth-order valence-corrected chi connectivity index (χ4v) is 2.09. The van der Waals surface area contributed by atoms with Gasteiger partial charge in [0.2, 0.25) is 5.65 Å². The van der Waals surface area contributed by atoms with E-state index in [-0.39, 0.29) is 11.2 Å². The van der Waals surface area contributed by atoms with Crippen LogP contribution in [0.1, 0.15) is 11.1 Å². The Labute approximate surface area is 107 Å². The first-order chi connectivity index (χ1) is 9.09. The lowest BCUT2D eigenvalue weighted by molar-refractivity contribution is 0.929. The summed E-state index contributed by atoms with van der Waals surface area (Å²) in [4.78, 5) is 23.7. The Morgan fingerprint density at radius 1 is 1.16 bits per heavy atom. The molecule has 1 aromatic carbocycles. The van der Waals surface area contributed by atoms with Gasteiger partial charge in [0.25, 0.3) is 0 Å². The van der Waals surface area contributed by atoms with Gasteiger partial charge in [-0.05, 0) is 31.0 Å². The number of rotatable bonds is 1. The van der Waals surface area contributed by atoms with E-state index in [1.54, 1.807) is 6.20 Å². The standard InChI is InChI=1S/C13H12N4O2/c1-8-4-3-5-10(9(8)2)16-6-7-17-11(12(16)18)14-15-13(17)19/h3-7H,1-2H3,(H,15,19). The lowest BCUT2D eigenvalue weighted by atomic mass is 10.1. The Kier molecular flexibility index (Phi) is 2.38. The Hall–Kier alpha value is -2.63. The summed E-state index contributed by atoms with van der Waals surface area (Å²) in [7, 11) is 0. The fraction of sp³-hybridized carbons (Fsp3) is 0.154. The van der Waals surface area contributed by atoms with Crippen molar-refractivity contribution in [3.63, 3.8) is 0 Å². The topological polar surface area (TPSA) is 72.2 Å². The van der Waals surface area contributed by atoms with Crippen LogP contribution >= 0.6 is 0 Å². The molecule has 1 N–H and O–H groups in total. The maximum atomic E-state index is 12.3. The molecular weight excluding hydrogens is 244 g/mol. The molecule has 0 fully saturated rings. The van der Waals surface area contributed by atoms with E-state index in [9.17, 15) is 9.59 Å². The first-order valence-corrected chi connectivity index (χ1v) is 5.84. The van der Waals surface area contributed by atoms with Gasteiger partial charge in [0.05, 0.1) is 5.69 Å². The summed E-state index contributed by atoms with van der Waals surface area (Å²) in [6.07, 6.45) is 3.11. The molecule has 0 amide bonds. The molecule has 0 aliphatic carbocycles. The molecule has 0 aliphatic rings. The van der Waals surface area contributed by atoms with E-state index in [1.807, 2.05) is 32.0 Å². The summed E-state index contributed by atoms with van der Waals surface area (Å²) in [5, 5.41) is 6.01. The van der Waals surface area contributed by atoms with Gasteiger partial charge in [0.15, 0.2) is 0 Å². The van der Waals surface area contributed by atoms with Crippen molar-refractivity contribution in [2.75, 3.05) is 0 Å². The summed E-state index contributed by atoms with van der Waals surface area (Å²) < 4.78 is 2.70. The molecule has 0 atom stereocenters. The zero-order valence-electron chi connectivity index (χ0n) is 10.5. The monoisotopic (exact) mass is 256 g/mol. The fourth-order valence-electron chi connectivity index (χ4n) is 2.09. The molecule has 0 radical (unpaired) electrons. The van der Waals surface area contributed by atoms with Crippen molar-refractivity contribution in [1.29, 1.82) is 0 Å². The highest BCUT2D eigenvalue weighted by Gasteiger charge is 2.10. The summed E-state index contributed by atoms with van der Waals surface area (Å²) in [5.41, 5.74) is 2.27. The van der Waals surface area contributed by atoms with Gasteiger partial charge in [0.1, 0.15) is 0 Å². The molecule has 0 bridgehead atoms. The number of nitrogens with zero attached hydrogens (tertiary/aromatic N) is 3. The Bertz CT molecular complexity index is 886. The van der Waals surface area contributed by atoms with Crippen molar-refractivity contribution < 1.29 is 0 Å². The molecule has 0 aliphatic heterocycles. The second-order valence-corrected chi connectivity index (χ2v) is 4.41. The van der Waals surface area contributed by atoms with Crippen molar-refractivity contribution in [1.82, 2.24) is 19.2 Å². The van der Waals surface area contributed by atoms with Gasteiger partial charge in [-0.15, -0.1) is 5.10 Å². The lowest BCUT2D eigenvalue weighted by Crippen LogP contribution is -2.23. The van der Waals surface area contributed by atoms with Crippen LogP contribution in [-0.2, 0) is 0 Å². The Morgan fingerprint density at radius 2 is 1.95 bits per heavy atom. The number of aromatic nitrogens is 4. The Balaban J connectivity index is 2.38. The molecule has 2 aromatic heterocycles. The summed E-state index contributed by atoms with van der Waals surface area (Å²) in [6.45, 7) is 3.94. The van der Waals surface area contributed by atoms with Gasteiger partial charge < -0.3 is 0 Å². The molecule has 2 heterocycles. The molecule has 96 valence electrons. The van der Waals surface area contributed by atoms with Crippen molar-refractivity contribution in [2.45, 2.75) is 13.8 Å². The normalized spacial score (nSPS) is 11.1. The van der Waals surface area contributed by atoms with Gasteiger partial charge in [-0.3, -0.25) is 9.36 Å². The largest absolute Gasteiger partial charge is 0.347 e. The van der Waals surface area contributed by atoms with E-state index >= 15 is 0 Å². The van der Waals surface area contributed by atoms with Crippen LogP contribution < -0.4 is 11.2 Å². The van der Waals surface area contributed by atoms with Crippen molar-refractivity contribution >= 4 is 5.65 Å². The molecule has 0 saturated carbocycles. The Morgan fingerprint density at radius 3 is 2.74 bits per heavy atom. The molecule has 6 heteroatoms. The van der Waals surface area contributed by atoms with Gasteiger partial charge in [-0.1, -0.05) is 12.1 Å². The van der Waals surface area contributed by atoms with E-state index < -0.39 is 5.69 Å². The van der Waals surface area contributed by atoms with Gasteiger partial charge in [-0.2, -0.15) is 0 Å². The average molecular weight is 256 g/mol. The minimum atomic E-state index is -0.416. The molecule has 0 spiro atoms. The number of aryl methyl sites for hydroxylation is 1. The maximum absolute atomic E-state index is 12.3. The van der Waals surface area contributed by atoms with Crippen LogP contribution in [0.4, 0.5) is 0 Å². The molecular formula is C13H12N4O2. The lowest BCUT2D eigenvalue weighted by Gasteiger charge is -2.10. The first kappa shape index (κ1) is 11.5. The number of fused-ring (bicyclic) bond motifs is 1. The second kappa shape index (κ2) is 3.94. The summed E-state index contributed by atoms with van der Waals surface area (Å²) in [6, 6.07) is 5.75. The number of H-pyrrole nitrogens is 1. The number of hydrogen-bond donors (Lipinski definition) is 1. The molecule has 3 aromatic rings. The van der Waals surface area contributed by atoms with Crippen LogP contribution in [0.5, 0.6) is 0 Å². The van der Waals surface area contributed by atoms with Gasteiger partial charge in [-0.25, -0.2) is 14.3 Å². The molecule has 0 saturated heterocycles. The first-order valence-electron chi connectivity index (χ1n) is 5.84.